The fraction of sp³-hybridized carbons (Fsp3) is 0.528. The van der Waals surface area contributed by atoms with Crippen molar-refractivity contribution in [3.05, 3.63) is 53.9 Å². The third kappa shape index (κ3) is 7.80. The molecule has 0 spiro atoms. The van der Waals surface area contributed by atoms with Crippen LogP contribution in [0.1, 0.15) is 72.4 Å². The Morgan fingerprint density at radius 2 is 1.94 bits per heavy atom. The number of nitriles is 1. The molecule has 0 radical (unpaired) electrons. The van der Waals surface area contributed by atoms with E-state index in [0.717, 1.165) is 30.6 Å². The Hall–Kier alpha value is -4.05. The highest BCUT2D eigenvalue weighted by Crippen LogP contribution is 2.47. The highest BCUT2D eigenvalue weighted by atomic mass is 28.4. The normalized spacial score (nSPS) is 19.8. The summed E-state index contributed by atoms with van der Waals surface area (Å²) in [6, 6.07) is 11.6. The lowest BCUT2D eigenvalue weighted by atomic mass is 9.83. The maximum absolute atomic E-state index is 13.6. The van der Waals surface area contributed by atoms with Gasteiger partial charge < -0.3 is 24.0 Å². The highest BCUT2D eigenvalue weighted by Gasteiger charge is 2.47. The van der Waals surface area contributed by atoms with Gasteiger partial charge in [0.05, 0.1) is 23.6 Å². The van der Waals surface area contributed by atoms with E-state index in [4.69, 9.17) is 23.6 Å². The molecule has 2 aliphatic heterocycles. The summed E-state index contributed by atoms with van der Waals surface area (Å²) in [7, 11) is -2.14. The Morgan fingerprint density at radius 3 is 2.60 bits per heavy atom. The van der Waals surface area contributed by atoms with Crippen molar-refractivity contribution < 1.29 is 23.4 Å². The number of nitrogens with one attached hydrogen (secondary N) is 1. The molecule has 1 amide bonds. The van der Waals surface area contributed by atoms with Gasteiger partial charge in [-0.1, -0.05) is 27.7 Å². The number of anilines is 3. The first-order chi connectivity index (χ1) is 22.5. The van der Waals surface area contributed by atoms with Crippen LogP contribution in [0, 0.1) is 11.3 Å². The number of carbonyl (C=O) groups is 1. The van der Waals surface area contributed by atoms with Crippen molar-refractivity contribution in [1.29, 1.82) is 5.26 Å². The molecule has 2 aromatic heterocycles. The van der Waals surface area contributed by atoms with Gasteiger partial charge in [-0.15, -0.1) is 0 Å². The van der Waals surface area contributed by atoms with Gasteiger partial charge in [-0.2, -0.15) is 5.26 Å². The summed E-state index contributed by atoms with van der Waals surface area (Å²) in [5.41, 5.74) is 2.41. The average molecular weight is 673 g/mol. The first-order valence-electron chi connectivity index (χ1n) is 16.5. The third-order valence-corrected chi connectivity index (χ3v) is 13.7. The number of carbonyl (C=O) groups excluding carboxylic acids is 1. The van der Waals surface area contributed by atoms with Gasteiger partial charge in [0.25, 0.3) is 0 Å². The molecule has 0 aliphatic carbocycles. The molecule has 0 bridgehead atoms. The van der Waals surface area contributed by atoms with E-state index in [0.29, 0.717) is 54.2 Å². The molecule has 3 aromatic rings. The predicted octanol–water partition coefficient (Wildman–Crippen LogP) is 7.75. The van der Waals surface area contributed by atoms with Gasteiger partial charge in [-0.3, -0.25) is 4.90 Å². The van der Waals surface area contributed by atoms with Crippen LogP contribution in [0.4, 0.5) is 22.1 Å². The van der Waals surface area contributed by atoms with Crippen LogP contribution in [0.15, 0.2) is 42.7 Å². The zero-order chi connectivity index (χ0) is 34.9. The van der Waals surface area contributed by atoms with E-state index in [2.05, 4.69) is 62.1 Å². The second-order valence-electron chi connectivity index (χ2n) is 15.4. The molecule has 1 fully saturated rings. The highest BCUT2D eigenvalue weighted by molar-refractivity contribution is 6.74. The molecule has 5 rings (SSSR count). The first-order valence-corrected chi connectivity index (χ1v) is 19.4. The standard InChI is InChI=1S/C36H48N6O5Si/c1-34(2,3)47-33(43)42-22-36(7,23-45-48(8,9)35(4,5)6)27-19-24(18-25(20-37)30(27)42)28-14-16-39-32(40-28)41-29-13-10-15-38-31(29)46-26-12-11-17-44-21-26/h10,13-16,18-19,26H,11-12,17,21-23H2,1-9H3,(H,39,40,41)/t26-,36-/m1/s1. The Labute approximate surface area is 285 Å². The van der Waals surface area contributed by atoms with Crippen molar-refractivity contribution in [2.45, 2.75) is 96.6 Å². The zero-order valence-electron chi connectivity index (χ0n) is 29.6. The molecule has 2 aliphatic rings. The summed E-state index contributed by atoms with van der Waals surface area (Å²) in [6.07, 6.45) is 4.62. The lowest BCUT2D eigenvalue weighted by molar-refractivity contribution is 0.00585. The lowest BCUT2D eigenvalue weighted by Crippen LogP contribution is -2.46. The molecule has 1 N–H and O–H groups in total. The van der Waals surface area contributed by atoms with Gasteiger partial charge in [-0.25, -0.2) is 19.7 Å². The van der Waals surface area contributed by atoms with E-state index < -0.39 is 25.4 Å². The third-order valence-electron chi connectivity index (χ3n) is 9.20. The van der Waals surface area contributed by atoms with Crippen molar-refractivity contribution in [3.8, 4) is 23.2 Å². The van der Waals surface area contributed by atoms with Gasteiger partial charge in [-0.05, 0) is 87.6 Å². The van der Waals surface area contributed by atoms with Crippen molar-refractivity contribution in [2.75, 3.05) is 36.6 Å². The molecule has 1 aromatic carbocycles. The van der Waals surface area contributed by atoms with E-state index in [-0.39, 0.29) is 11.1 Å². The van der Waals surface area contributed by atoms with Crippen LogP contribution < -0.4 is 15.0 Å². The van der Waals surface area contributed by atoms with Crippen LogP contribution in [0.2, 0.25) is 18.1 Å². The van der Waals surface area contributed by atoms with Gasteiger partial charge in [0.2, 0.25) is 11.8 Å². The molecule has 12 heteroatoms. The van der Waals surface area contributed by atoms with Gasteiger partial charge in [0.15, 0.2) is 8.32 Å². The minimum absolute atomic E-state index is 0.00300. The number of nitrogens with zero attached hydrogens (tertiary/aromatic N) is 5. The van der Waals surface area contributed by atoms with Gasteiger partial charge >= 0.3 is 6.09 Å². The Bertz CT molecular complexity index is 1690. The summed E-state index contributed by atoms with van der Waals surface area (Å²) in [5.74, 6) is 0.801. The molecule has 4 heterocycles. The number of hydrogen-bond donors (Lipinski definition) is 1. The molecule has 11 nitrogen and oxygen atoms in total. The largest absolute Gasteiger partial charge is 0.470 e. The van der Waals surface area contributed by atoms with Crippen molar-refractivity contribution >= 4 is 31.7 Å². The monoisotopic (exact) mass is 672 g/mol. The second kappa shape index (κ2) is 13.5. The number of amides is 1. The fourth-order valence-electron chi connectivity index (χ4n) is 5.53. The van der Waals surface area contributed by atoms with E-state index in [1.165, 1.54) is 0 Å². The molecule has 0 unspecified atom stereocenters. The van der Waals surface area contributed by atoms with Gasteiger partial charge in [0.1, 0.15) is 23.5 Å². The molecule has 2 atom stereocenters. The topological polar surface area (TPSA) is 132 Å². The summed E-state index contributed by atoms with van der Waals surface area (Å²) in [4.78, 5) is 28.9. The summed E-state index contributed by atoms with van der Waals surface area (Å²) < 4.78 is 24.3. The smallest absolute Gasteiger partial charge is 0.414 e. The van der Waals surface area contributed by atoms with E-state index in [1.807, 2.05) is 39.0 Å². The summed E-state index contributed by atoms with van der Waals surface area (Å²) in [5, 5.41) is 13.7. The lowest BCUT2D eigenvalue weighted by Gasteiger charge is -2.39. The number of ether oxygens (including phenoxy) is 3. The SMILES string of the molecule is CC(C)(C)OC(=O)N1C[C@](C)(CO[Si](C)(C)C(C)(C)C)c2cc(-c3ccnc(Nc4cccnc4O[C@@H]4CCCOC4)n3)cc(C#N)c21. The quantitative estimate of drug-likeness (QED) is 0.237. The molecule has 256 valence electrons. The van der Waals surface area contributed by atoms with Crippen LogP contribution >= 0.6 is 0 Å². The summed E-state index contributed by atoms with van der Waals surface area (Å²) in [6.45, 7) is 20.6. The first kappa shape index (κ1) is 35.3. The zero-order valence-corrected chi connectivity index (χ0v) is 30.6. The molecule has 48 heavy (non-hydrogen) atoms. The van der Waals surface area contributed by atoms with E-state index in [1.54, 1.807) is 29.4 Å². The number of hydrogen-bond acceptors (Lipinski definition) is 10. The van der Waals surface area contributed by atoms with Crippen LogP contribution in [0.5, 0.6) is 5.88 Å². The fourth-order valence-corrected chi connectivity index (χ4v) is 6.64. The second-order valence-corrected chi connectivity index (χ2v) is 20.2. The minimum atomic E-state index is -2.14. The van der Waals surface area contributed by atoms with Crippen LogP contribution in [-0.4, -0.2) is 67.4 Å². The Balaban J connectivity index is 1.51. The van der Waals surface area contributed by atoms with Gasteiger partial charge in [0, 0.05) is 43.1 Å². The van der Waals surface area contributed by atoms with E-state index in [9.17, 15) is 10.1 Å². The maximum Gasteiger partial charge on any atom is 0.414 e. The van der Waals surface area contributed by atoms with Crippen molar-refractivity contribution in [1.82, 2.24) is 15.0 Å². The Morgan fingerprint density at radius 1 is 1.17 bits per heavy atom. The molecule has 0 saturated carbocycles. The van der Waals surface area contributed by atoms with Crippen LogP contribution in [0.25, 0.3) is 11.3 Å². The molecular formula is C36H48N6O5Si. The average Bonchev–Trinajstić information content (AvgIpc) is 3.33. The van der Waals surface area contributed by atoms with E-state index >= 15 is 0 Å². The molecule has 1 saturated heterocycles. The van der Waals surface area contributed by atoms with Crippen molar-refractivity contribution in [2.24, 2.45) is 0 Å². The number of fused-ring (bicyclic) bond motifs is 1. The van der Waals surface area contributed by atoms with Crippen molar-refractivity contribution in [3.63, 3.8) is 0 Å². The number of aromatic nitrogens is 3. The predicted molar refractivity (Wildman–Crippen MR) is 188 cm³/mol. The van der Waals surface area contributed by atoms with Crippen LogP contribution in [-0.2, 0) is 19.3 Å². The minimum Gasteiger partial charge on any atom is -0.470 e. The summed E-state index contributed by atoms with van der Waals surface area (Å²) >= 11 is 0. The van der Waals surface area contributed by atoms with Crippen LogP contribution in [0.3, 0.4) is 0 Å². The number of rotatable bonds is 8. The number of benzene rings is 1. The maximum atomic E-state index is 13.6. The number of pyridine rings is 1. The Kier molecular flexibility index (Phi) is 9.88. The molecular weight excluding hydrogens is 625 g/mol.